The van der Waals surface area contributed by atoms with Gasteiger partial charge in [-0.05, 0) is 5.06 Å². The summed E-state index contributed by atoms with van der Waals surface area (Å²) in [5.41, 5.74) is -3.83. The van der Waals surface area contributed by atoms with Crippen LogP contribution in [0.15, 0.2) is 0 Å². The minimum Gasteiger partial charge on any atom is -0.262 e. The molecular weight excluding hydrogens is 412 g/mol. The molecule has 0 aromatic heterocycles. The SMILES string of the molecule is CC(C)(N([O])C(F)(F)C(F)(F)C(F)(F)C(F)(F)C(F)(F)C(F)F)[N+](=O)[O-]. The highest BCUT2D eigenvalue weighted by atomic mass is 19.4. The first-order chi connectivity index (χ1) is 11.0. The van der Waals surface area contributed by atoms with E-state index in [9.17, 15) is 68.0 Å². The summed E-state index contributed by atoms with van der Waals surface area (Å²) >= 11 is 0. The highest BCUT2D eigenvalue weighted by Gasteiger charge is 2.90. The molecule has 0 fully saturated rings. The van der Waals surface area contributed by atoms with E-state index in [1.54, 1.807) is 0 Å². The Hall–Kier alpha value is -1.52. The quantitative estimate of drug-likeness (QED) is 0.196. The number of hydrogen-bond acceptors (Lipinski definition) is 3. The van der Waals surface area contributed by atoms with E-state index in [1.807, 2.05) is 0 Å². The molecule has 0 saturated carbocycles. The van der Waals surface area contributed by atoms with Crippen molar-refractivity contribution in [2.45, 2.75) is 55.7 Å². The molecule has 0 atom stereocenters. The molecule has 0 aliphatic rings. The largest absolute Gasteiger partial charge is 0.403 e. The summed E-state index contributed by atoms with van der Waals surface area (Å²) in [6, 6.07) is -7.09. The first-order valence-corrected chi connectivity index (χ1v) is 5.83. The molecule has 1 radical (unpaired) electrons. The van der Waals surface area contributed by atoms with Crippen LogP contribution in [0.5, 0.6) is 0 Å². The Morgan fingerprint density at radius 2 is 1.15 bits per heavy atom. The van der Waals surface area contributed by atoms with Crippen LogP contribution >= 0.6 is 0 Å². The summed E-state index contributed by atoms with van der Waals surface area (Å²) in [6.45, 7) is -0.262. The maximum Gasteiger partial charge on any atom is 0.403 e. The Morgan fingerprint density at radius 3 is 1.42 bits per heavy atom. The Bertz CT molecular complexity index is 550. The molecule has 0 aromatic rings. The first kappa shape index (κ1) is 24.5. The summed E-state index contributed by atoms with van der Waals surface area (Å²) in [6.07, 6.45) is -5.69. The van der Waals surface area contributed by atoms with Crippen molar-refractivity contribution in [3.05, 3.63) is 10.1 Å². The summed E-state index contributed by atoms with van der Waals surface area (Å²) in [4.78, 5) is 8.36. The molecule has 0 saturated heterocycles. The second-order valence-corrected chi connectivity index (χ2v) is 5.23. The maximum atomic E-state index is 13.4. The lowest BCUT2D eigenvalue weighted by Crippen LogP contribution is -2.73. The normalized spacial score (nSPS) is 15.7. The van der Waals surface area contributed by atoms with Gasteiger partial charge in [-0.15, -0.1) is 5.21 Å². The van der Waals surface area contributed by atoms with Crippen LogP contribution in [-0.4, -0.2) is 51.8 Å². The topological polar surface area (TPSA) is 66.3 Å². The van der Waals surface area contributed by atoms with Gasteiger partial charge < -0.3 is 0 Å². The highest BCUT2D eigenvalue weighted by Crippen LogP contribution is 2.59. The summed E-state index contributed by atoms with van der Waals surface area (Å²) in [7, 11) is 0. The number of alkyl halides is 12. The van der Waals surface area contributed by atoms with Gasteiger partial charge in [0.1, 0.15) is 0 Å². The third-order valence-electron chi connectivity index (χ3n) is 3.06. The van der Waals surface area contributed by atoms with Crippen molar-refractivity contribution in [1.29, 1.82) is 0 Å². The maximum absolute atomic E-state index is 13.4. The van der Waals surface area contributed by atoms with E-state index in [1.165, 1.54) is 0 Å². The van der Waals surface area contributed by atoms with Gasteiger partial charge in [0.15, 0.2) is 0 Å². The smallest absolute Gasteiger partial charge is 0.262 e. The van der Waals surface area contributed by atoms with E-state index >= 15 is 0 Å². The molecule has 0 amide bonds. The van der Waals surface area contributed by atoms with Crippen LogP contribution in [0.3, 0.4) is 0 Å². The van der Waals surface area contributed by atoms with Gasteiger partial charge in [0.2, 0.25) is 0 Å². The van der Waals surface area contributed by atoms with Gasteiger partial charge in [-0.3, -0.25) is 10.1 Å². The molecule has 0 rings (SSSR count). The molecule has 26 heavy (non-hydrogen) atoms. The van der Waals surface area contributed by atoms with E-state index < -0.39 is 51.8 Å². The Balaban J connectivity index is 6.40. The first-order valence-electron chi connectivity index (χ1n) is 5.83. The van der Waals surface area contributed by atoms with Crippen LogP contribution in [0, 0.1) is 10.1 Å². The third-order valence-corrected chi connectivity index (χ3v) is 3.06. The molecule has 0 bridgehead atoms. The van der Waals surface area contributed by atoms with E-state index in [2.05, 4.69) is 0 Å². The minimum absolute atomic E-state index is 0.131. The van der Waals surface area contributed by atoms with Gasteiger partial charge in [0.25, 0.3) is 0 Å². The predicted octanol–water partition coefficient (Wildman–Crippen LogP) is 4.05. The molecule has 0 heterocycles. The van der Waals surface area contributed by atoms with Gasteiger partial charge >= 0.3 is 41.8 Å². The standard InChI is InChI=1S/C9H7F12N2O3/c1-4(2,23(25)26)22(24)9(20,21)8(18,19)7(16,17)6(14,15)5(12,13)3(10)11/h3H,1-2H3. The number of nitro groups is 1. The lowest BCUT2D eigenvalue weighted by atomic mass is 9.96. The molecule has 17 heteroatoms. The monoisotopic (exact) mass is 419 g/mol. The number of halogens is 12. The summed E-state index contributed by atoms with van der Waals surface area (Å²) < 4.78 is 154. The molecule has 0 aliphatic heterocycles. The third kappa shape index (κ3) is 3.03. The molecule has 155 valence electrons. The van der Waals surface area contributed by atoms with Gasteiger partial charge in [-0.1, -0.05) is 0 Å². The Labute approximate surface area is 135 Å². The second kappa shape index (κ2) is 6.28. The minimum atomic E-state index is -7.93. The van der Waals surface area contributed by atoms with Crippen LogP contribution in [0.25, 0.3) is 0 Å². The van der Waals surface area contributed by atoms with Crippen molar-refractivity contribution < 1.29 is 62.8 Å². The zero-order valence-electron chi connectivity index (χ0n) is 12.2. The van der Waals surface area contributed by atoms with Gasteiger partial charge in [0.05, 0.1) is 0 Å². The lowest BCUT2D eigenvalue weighted by molar-refractivity contribution is -0.649. The zero-order valence-corrected chi connectivity index (χ0v) is 12.2. The van der Waals surface area contributed by atoms with Gasteiger partial charge in [0, 0.05) is 18.8 Å². The van der Waals surface area contributed by atoms with Crippen molar-refractivity contribution >= 4 is 0 Å². The van der Waals surface area contributed by atoms with Crippen molar-refractivity contribution in [1.82, 2.24) is 5.06 Å². The number of rotatable bonds is 8. The van der Waals surface area contributed by atoms with Gasteiger partial charge in [-0.2, -0.15) is 43.9 Å². The average molecular weight is 419 g/mol. The average Bonchev–Trinajstić information content (AvgIpc) is 2.44. The van der Waals surface area contributed by atoms with E-state index in [4.69, 9.17) is 0 Å². The van der Waals surface area contributed by atoms with E-state index in [-0.39, 0.29) is 13.8 Å². The molecule has 5 nitrogen and oxygen atoms in total. The highest BCUT2D eigenvalue weighted by molar-refractivity contribution is 5.08. The number of hydroxylamine groups is 2. The van der Waals surface area contributed by atoms with Gasteiger partial charge in [-0.25, -0.2) is 8.78 Å². The summed E-state index contributed by atoms with van der Waals surface area (Å²) in [5, 5.41) is 18.8. The Morgan fingerprint density at radius 1 is 0.808 bits per heavy atom. The van der Waals surface area contributed by atoms with Crippen LogP contribution in [-0.2, 0) is 5.21 Å². The van der Waals surface area contributed by atoms with Crippen molar-refractivity contribution in [2.75, 3.05) is 0 Å². The molecule has 0 aromatic carbocycles. The van der Waals surface area contributed by atoms with Crippen LogP contribution in [0.1, 0.15) is 13.8 Å². The fraction of sp³-hybridized carbons (Fsp3) is 1.00. The molecule has 0 spiro atoms. The lowest BCUT2D eigenvalue weighted by Gasteiger charge is -2.41. The zero-order chi connectivity index (χ0) is 21.7. The van der Waals surface area contributed by atoms with E-state index in [0.717, 1.165) is 0 Å². The fourth-order valence-electron chi connectivity index (χ4n) is 1.28. The molecular formula is C9H7F12N2O3. The molecule has 0 unspecified atom stereocenters. The molecule has 0 N–H and O–H groups in total. The van der Waals surface area contributed by atoms with Crippen molar-refractivity contribution in [3.8, 4) is 0 Å². The Kier molecular flexibility index (Phi) is 5.91. The van der Waals surface area contributed by atoms with Crippen molar-refractivity contribution in [3.63, 3.8) is 0 Å². The number of hydrogen-bond donors (Lipinski definition) is 0. The van der Waals surface area contributed by atoms with E-state index in [0.29, 0.717) is 0 Å². The van der Waals surface area contributed by atoms with Crippen LogP contribution < -0.4 is 0 Å². The predicted molar refractivity (Wildman–Crippen MR) is 54.3 cm³/mol. The molecule has 0 aliphatic carbocycles. The van der Waals surface area contributed by atoms with Crippen molar-refractivity contribution in [2.24, 2.45) is 0 Å². The second-order valence-electron chi connectivity index (χ2n) is 5.23. The fourth-order valence-corrected chi connectivity index (χ4v) is 1.28. The number of nitrogens with zero attached hydrogens (tertiary/aromatic N) is 2. The van der Waals surface area contributed by atoms with Crippen LogP contribution in [0.4, 0.5) is 52.7 Å². The van der Waals surface area contributed by atoms with Crippen LogP contribution in [0.2, 0.25) is 0 Å². The summed E-state index contributed by atoms with van der Waals surface area (Å²) in [5.74, 6) is -30.7.